The second-order valence-electron chi connectivity index (χ2n) is 6.32. The summed E-state index contributed by atoms with van der Waals surface area (Å²) >= 11 is 0. The summed E-state index contributed by atoms with van der Waals surface area (Å²) in [6.45, 7) is 1.01. The van der Waals surface area contributed by atoms with Crippen LogP contribution in [0, 0.1) is 5.92 Å². The van der Waals surface area contributed by atoms with Gasteiger partial charge in [0.25, 0.3) is 5.91 Å². The normalized spacial score (nSPS) is 16.0. The number of benzene rings is 1. The SMILES string of the molecule is O=C(Nc1ccc(CNC(=O)N2CCC(C(=O)O)C2)cc1)c1ccncc1. The Bertz CT molecular complexity index is 823. The van der Waals surface area contributed by atoms with E-state index >= 15 is 0 Å². The molecule has 3 rings (SSSR count). The summed E-state index contributed by atoms with van der Waals surface area (Å²) < 4.78 is 0. The van der Waals surface area contributed by atoms with E-state index in [9.17, 15) is 14.4 Å². The third-order valence-corrected chi connectivity index (χ3v) is 4.42. The lowest BCUT2D eigenvalue weighted by Crippen LogP contribution is -2.38. The van der Waals surface area contributed by atoms with Crippen molar-refractivity contribution in [3.05, 3.63) is 59.9 Å². The van der Waals surface area contributed by atoms with Gasteiger partial charge in [-0.15, -0.1) is 0 Å². The van der Waals surface area contributed by atoms with E-state index in [-0.39, 0.29) is 18.5 Å². The molecule has 0 radical (unpaired) electrons. The van der Waals surface area contributed by atoms with E-state index < -0.39 is 11.9 Å². The maximum atomic E-state index is 12.1. The van der Waals surface area contributed by atoms with Crippen LogP contribution >= 0.6 is 0 Å². The van der Waals surface area contributed by atoms with E-state index in [0.717, 1.165) is 5.56 Å². The molecular formula is C19H20N4O4. The highest BCUT2D eigenvalue weighted by Crippen LogP contribution is 2.16. The van der Waals surface area contributed by atoms with Gasteiger partial charge in [-0.3, -0.25) is 14.6 Å². The summed E-state index contributed by atoms with van der Waals surface area (Å²) in [5.74, 6) is -1.57. The van der Waals surface area contributed by atoms with Gasteiger partial charge in [0.05, 0.1) is 5.92 Å². The predicted octanol–water partition coefficient (Wildman–Crippen LogP) is 1.95. The van der Waals surface area contributed by atoms with E-state index in [0.29, 0.717) is 30.8 Å². The van der Waals surface area contributed by atoms with E-state index in [4.69, 9.17) is 5.11 Å². The summed E-state index contributed by atoms with van der Waals surface area (Å²) in [4.78, 5) is 40.6. The highest BCUT2D eigenvalue weighted by molar-refractivity contribution is 6.04. The monoisotopic (exact) mass is 368 g/mol. The Morgan fingerprint density at radius 3 is 2.44 bits per heavy atom. The van der Waals surface area contributed by atoms with Crippen LogP contribution in [0.4, 0.5) is 10.5 Å². The van der Waals surface area contributed by atoms with Crippen molar-refractivity contribution < 1.29 is 19.5 Å². The first-order valence-corrected chi connectivity index (χ1v) is 8.59. The number of carboxylic acids is 1. The number of aliphatic carboxylic acids is 1. The first kappa shape index (κ1) is 18.4. The molecule has 1 aromatic carbocycles. The Labute approximate surface area is 156 Å². The fraction of sp³-hybridized carbons (Fsp3) is 0.263. The van der Waals surface area contributed by atoms with Gasteiger partial charge < -0.3 is 20.6 Å². The lowest BCUT2D eigenvalue weighted by molar-refractivity contribution is -0.141. The Hall–Kier alpha value is -3.42. The van der Waals surface area contributed by atoms with Crippen molar-refractivity contribution >= 4 is 23.6 Å². The van der Waals surface area contributed by atoms with Crippen LogP contribution in [0.3, 0.4) is 0 Å². The molecule has 1 aliphatic heterocycles. The summed E-state index contributed by atoms with van der Waals surface area (Å²) in [5, 5.41) is 14.6. The van der Waals surface area contributed by atoms with Crippen molar-refractivity contribution in [3.8, 4) is 0 Å². The molecule has 140 valence electrons. The summed E-state index contributed by atoms with van der Waals surface area (Å²) in [5.41, 5.74) is 2.04. The van der Waals surface area contributed by atoms with E-state index in [1.807, 2.05) is 12.1 Å². The van der Waals surface area contributed by atoms with E-state index in [2.05, 4.69) is 15.6 Å². The summed E-state index contributed by atoms with van der Waals surface area (Å²) in [6, 6.07) is 10.1. The summed E-state index contributed by atoms with van der Waals surface area (Å²) in [7, 11) is 0. The van der Waals surface area contributed by atoms with Crippen molar-refractivity contribution in [2.75, 3.05) is 18.4 Å². The minimum absolute atomic E-state index is 0.222. The number of nitrogens with zero attached hydrogens (tertiary/aromatic N) is 2. The van der Waals surface area contributed by atoms with E-state index in [1.54, 1.807) is 36.7 Å². The second-order valence-corrected chi connectivity index (χ2v) is 6.32. The number of anilines is 1. The van der Waals surface area contributed by atoms with Gasteiger partial charge in [0.2, 0.25) is 0 Å². The molecule has 1 saturated heterocycles. The van der Waals surface area contributed by atoms with Gasteiger partial charge in [-0.1, -0.05) is 12.1 Å². The lowest BCUT2D eigenvalue weighted by Gasteiger charge is -2.16. The zero-order chi connectivity index (χ0) is 19.2. The number of likely N-dealkylation sites (tertiary alicyclic amines) is 1. The van der Waals surface area contributed by atoms with Crippen molar-refractivity contribution in [2.24, 2.45) is 5.92 Å². The molecule has 1 unspecified atom stereocenters. The van der Waals surface area contributed by atoms with E-state index in [1.165, 1.54) is 4.90 Å². The molecule has 3 N–H and O–H groups in total. The number of rotatable bonds is 5. The number of carboxylic acid groups (broad SMARTS) is 1. The molecule has 2 heterocycles. The number of hydrogen-bond donors (Lipinski definition) is 3. The average molecular weight is 368 g/mol. The molecule has 1 aliphatic rings. The molecule has 0 spiro atoms. The largest absolute Gasteiger partial charge is 0.481 e. The van der Waals surface area contributed by atoms with Gasteiger partial charge in [-0.2, -0.15) is 0 Å². The van der Waals surface area contributed by atoms with Gasteiger partial charge in [0.1, 0.15) is 0 Å². The standard InChI is InChI=1S/C19H20N4O4/c24-17(14-5-8-20-9-6-14)22-16-3-1-13(2-4-16)11-21-19(27)23-10-7-15(12-23)18(25)26/h1-6,8-9,15H,7,10-12H2,(H,21,27)(H,22,24)(H,25,26). The molecule has 8 heteroatoms. The Kier molecular flexibility index (Phi) is 5.65. The van der Waals surface area contributed by atoms with Gasteiger partial charge in [-0.05, 0) is 36.2 Å². The maximum Gasteiger partial charge on any atom is 0.317 e. The highest BCUT2D eigenvalue weighted by atomic mass is 16.4. The zero-order valence-corrected chi connectivity index (χ0v) is 14.6. The molecule has 8 nitrogen and oxygen atoms in total. The minimum Gasteiger partial charge on any atom is -0.481 e. The van der Waals surface area contributed by atoms with Gasteiger partial charge in [-0.25, -0.2) is 4.79 Å². The number of hydrogen-bond acceptors (Lipinski definition) is 4. The van der Waals surface area contributed by atoms with Crippen molar-refractivity contribution in [3.63, 3.8) is 0 Å². The molecule has 1 fully saturated rings. The number of aromatic nitrogens is 1. The number of nitrogens with one attached hydrogen (secondary N) is 2. The maximum absolute atomic E-state index is 12.1. The first-order valence-electron chi connectivity index (χ1n) is 8.59. The number of carbonyl (C=O) groups excluding carboxylic acids is 2. The van der Waals surface area contributed by atoms with Gasteiger partial charge in [0, 0.05) is 43.3 Å². The van der Waals surface area contributed by atoms with Gasteiger partial charge >= 0.3 is 12.0 Å². The number of pyridine rings is 1. The van der Waals surface area contributed by atoms with Crippen LogP contribution in [-0.4, -0.2) is 46.0 Å². The quantitative estimate of drug-likeness (QED) is 0.747. The Morgan fingerprint density at radius 2 is 1.81 bits per heavy atom. The predicted molar refractivity (Wildman–Crippen MR) is 98.2 cm³/mol. The number of amides is 3. The van der Waals surface area contributed by atoms with Crippen molar-refractivity contribution in [1.29, 1.82) is 0 Å². The minimum atomic E-state index is -0.866. The Balaban J connectivity index is 1.49. The van der Waals surface area contributed by atoms with Crippen LogP contribution in [0.1, 0.15) is 22.3 Å². The fourth-order valence-corrected chi connectivity index (χ4v) is 2.85. The first-order chi connectivity index (χ1) is 13.0. The molecule has 0 bridgehead atoms. The second kappa shape index (κ2) is 8.31. The third kappa shape index (κ3) is 4.81. The molecular weight excluding hydrogens is 348 g/mol. The topological polar surface area (TPSA) is 112 Å². The smallest absolute Gasteiger partial charge is 0.317 e. The number of urea groups is 1. The molecule has 0 saturated carbocycles. The molecule has 0 aliphatic carbocycles. The van der Waals surface area contributed by atoms with Crippen LogP contribution in [0.25, 0.3) is 0 Å². The molecule has 2 aromatic rings. The summed E-state index contributed by atoms with van der Waals surface area (Å²) in [6.07, 6.45) is 3.59. The molecule has 1 atom stereocenters. The zero-order valence-electron chi connectivity index (χ0n) is 14.6. The molecule has 3 amide bonds. The van der Waals surface area contributed by atoms with Crippen LogP contribution in [-0.2, 0) is 11.3 Å². The van der Waals surface area contributed by atoms with Crippen molar-refractivity contribution in [1.82, 2.24) is 15.2 Å². The Morgan fingerprint density at radius 1 is 1.11 bits per heavy atom. The van der Waals surface area contributed by atoms with Crippen LogP contribution < -0.4 is 10.6 Å². The third-order valence-electron chi connectivity index (χ3n) is 4.42. The van der Waals surface area contributed by atoms with Crippen LogP contribution in [0.5, 0.6) is 0 Å². The number of carbonyl (C=O) groups is 3. The van der Waals surface area contributed by atoms with Crippen LogP contribution in [0.15, 0.2) is 48.8 Å². The van der Waals surface area contributed by atoms with Gasteiger partial charge in [0.15, 0.2) is 0 Å². The van der Waals surface area contributed by atoms with Crippen molar-refractivity contribution in [2.45, 2.75) is 13.0 Å². The van der Waals surface area contributed by atoms with Crippen LogP contribution in [0.2, 0.25) is 0 Å². The lowest BCUT2D eigenvalue weighted by atomic mass is 10.1. The highest BCUT2D eigenvalue weighted by Gasteiger charge is 2.30. The molecule has 1 aromatic heterocycles. The fourth-order valence-electron chi connectivity index (χ4n) is 2.85. The average Bonchev–Trinajstić information content (AvgIpc) is 3.18. The molecule has 27 heavy (non-hydrogen) atoms.